The summed E-state index contributed by atoms with van der Waals surface area (Å²) in [7, 11) is 0. The molecule has 0 unspecified atom stereocenters. The lowest BCUT2D eigenvalue weighted by atomic mass is 10.2. The first kappa shape index (κ1) is 17.7. The van der Waals surface area contributed by atoms with E-state index in [1.165, 1.54) is 6.08 Å². The molecular weight excluding hydrogens is 304 g/mol. The number of allylic oxidation sites excluding steroid dienone is 3. The molecule has 1 saturated heterocycles. The second-order valence-electron chi connectivity index (χ2n) is 5.48. The molecule has 0 radical (unpaired) electrons. The molecular formula is C18H24N4O2. The summed E-state index contributed by atoms with van der Waals surface area (Å²) in [5.41, 5.74) is 0. The number of pyridine rings is 1. The summed E-state index contributed by atoms with van der Waals surface area (Å²) in [5.74, 6) is 0.846. The number of nitrogens with one attached hydrogen (secondary N) is 1. The first-order valence-electron chi connectivity index (χ1n) is 8.21. The number of piperazine rings is 1. The van der Waals surface area contributed by atoms with Gasteiger partial charge in [0.2, 0.25) is 11.8 Å². The summed E-state index contributed by atoms with van der Waals surface area (Å²) < 4.78 is 0. The van der Waals surface area contributed by atoms with E-state index in [0.717, 1.165) is 18.9 Å². The highest BCUT2D eigenvalue weighted by Crippen LogP contribution is 2.12. The van der Waals surface area contributed by atoms with Crippen LogP contribution in [0.1, 0.15) is 13.3 Å². The Hall–Kier alpha value is -2.63. The van der Waals surface area contributed by atoms with Crippen molar-refractivity contribution in [3.05, 3.63) is 48.7 Å². The Morgan fingerprint density at radius 3 is 2.67 bits per heavy atom. The van der Waals surface area contributed by atoms with Crippen LogP contribution in [-0.2, 0) is 9.59 Å². The van der Waals surface area contributed by atoms with Crippen LogP contribution in [0.5, 0.6) is 0 Å². The molecule has 1 aromatic heterocycles. The summed E-state index contributed by atoms with van der Waals surface area (Å²) in [5, 5.41) is 2.72. The van der Waals surface area contributed by atoms with E-state index >= 15 is 0 Å². The fourth-order valence-corrected chi connectivity index (χ4v) is 2.49. The van der Waals surface area contributed by atoms with E-state index < -0.39 is 0 Å². The van der Waals surface area contributed by atoms with E-state index in [0.29, 0.717) is 26.1 Å². The average Bonchev–Trinajstić information content (AvgIpc) is 2.63. The van der Waals surface area contributed by atoms with Crippen LogP contribution in [0.15, 0.2) is 48.7 Å². The molecule has 0 spiro atoms. The van der Waals surface area contributed by atoms with Gasteiger partial charge in [-0.1, -0.05) is 24.3 Å². The smallest absolute Gasteiger partial charge is 0.243 e. The number of hydrogen-bond acceptors (Lipinski definition) is 4. The SMILES string of the molecule is CC=CC=CC(=O)NCCC(=O)N1CCN(c2ccccn2)CC1. The Balaban J connectivity index is 1.68. The lowest BCUT2D eigenvalue weighted by Gasteiger charge is -2.35. The van der Waals surface area contributed by atoms with Crippen LogP contribution < -0.4 is 10.2 Å². The number of anilines is 1. The van der Waals surface area contributed by atoms with Crippen LogP contribution in [0.25, 0.3) is 0 Å². The highest BCUT2D eigenvalue weighted by Gasteiger charge is 2.21. The summed E-state index contributed by atoms with van der Waals surface area (Å²) in [4.78, 5) is 32.1. The van der Waals surface area contributed by atoms with Gasteiger partial charge in [0.05, 0.1) is 0 Å². The van der Waals surface area contributed by atoms with Gasteiger partial charge in [-0.2, -0.15) is 0 Å². The monoisotopic (exact) mass is 328 g/mol. The van der Waals surface area contributed by atoms with Crippen molar-refractivity contribution in [3.8, 4) is 0 Å². The number of amides is 2. The zero-order chi connectivity index (χ0) is 17.2. The third kappa shape index (κ3) is 5.53. The fraction of sp³-hybridized carbons (Fsp3) is 0.389. The second-order valence-corrected chi connectivity index (χ2v) is 5.48. The number of hydrogen-bond donors (Lipinski definition) is 1. The van der Waals surface area contributed by atoms with Crippen LogP contribution in [0.2, 0.25) is 0 Å². The number of carbonyl (C=O) groups is 2. The quantitative estimate of drug-likeness (QED) is 0.633. The highest BCUT2D eigenvalue weighted by molar-refractivity contribution is 5.88. The molecule has 0 aromatic carbocycles. The highest BCUT2D eigenvalue weighted by atomic mass is 16.2. The van der Waals surface area contributed by atoms with Gasteiger partial charge in [-0.05, 0) is 19.1 Å². The lowest BCUT2D eigenvalue weighted by Crippen LogP contribution is -2.49. The molecule has 1 aliphatic heterocycles. The Labute approximate surface area is 142 Å². The van der Waals surface area contributed by atoms with E-state index in [2.05, 4.69) is 15.2 Å². The van der Waals surface area contributed by atoms with Crippen LogP contribution in [-0.4, -0.2) is 54.4 Å². The van der Waals surface area contributed by atoms with Crippen molar-refractivity contribution in [2.24, 2.45) is 0 Å². The molecule has 0 aliphatic carbocycles. The molecule has 1 aromatic rings. The summed E-state index contributed by atoms with van der Waals surface area (Å²) in [6.07, 6.45) is 8.86. The Bertz CT molecular complexity index is 590. The molecule has 6 nitrogen and oxygen atoms in total. The zero-order valence-corrected chi connectivity index (χ0v) is 14.0. The van der Waals surface area contributed by atoms with E-state index in [-0.39, 0.29) is 11.8 Å². The van der Waals surface area contributed by atoms with Gasteiger partial charge in [0.25, 0.3) is 0 Å². The number of rotatable bonds is 6. The Morgan fingerprint density at radius 1 is 1.21 bits per heavy atom. The van der Waals surface area contributed by atoms with Gasteiger partial charge in [-0.25, -0.2) is 4.98 Å². The molecule has 6 heteroatoms. The van der Waals surface area contributed by atoms with Gasteiger partial charge < -0.3 is 15.1 Å². The van der Waals surface area contributed by atoms with Crippen LogP contribution in [0, 0.1) is 0 Å². The molecule has 1 fully saturated rings. The molecule has 2 heterocycles. The summed E-state index contributed by atoms with van der Waals surface area (Å²) in [6.45, 7) is 5.17. The second kappa shape index (κ2) is 9.50. The maximum Gasteiger partial charge on any atom is 0.243 e. The van der Waals surface area contributed by atoms with Crippen molar-refractivity contribution < 1.29 is 9.59 Å². The molecule has 1 aliphatic rings. The van der Waals surface area contributed by atoms with E-state index in [1.54, 1.807) is 18.3 Å². The van der Waals surface area contributed by atoms with Crippen LogP contribution >= 0.6 is 0 Å². The molecule has 2 rings (SSSR count). The van der Waals surface area contributed by atoms with Crippen molar-refractivity contribution in [2.45, 2.75) is 13.3 Å². The molecule has 0 saturated carbocycles. The van der Waals surface area contributed by atoms with Gasteiger partial charge in [0, 0.05) is 51.4 Å². The number of carbonyl (C=O) groups excluding carboxylic acids is 2. The lowest BCUT2D eigenvalue weighted by molar-refractivity contribution is -0.131. The zero-order valence-electron chi connectivity index (χ0n) is 14.0. The van der Waals surface area contributed by atoms with Gasteiger partial charge in [0.15, 0.2) is 0 Å². The predicted octanol–water partition coefficient (Wildman–Crippen LogP) is 1.37. The van der Waals surface area contributed by atoms with E-state index in [4.69, 9.17) is 0 Å². The molecule has 1 N–H and O–H groups in total. The normalized spacial score (nSPS) is 15.2. The van der Waals surface area contributed by atoms with Gasteiger partial charge in [-0.3, -0.25) is 9.59 Å². The van der Waals surface area contributed by atoms with Crippen molar-refractivity contribution >= 4 is 17.6 Å². The first-order chi connectivity index (χ1) is 11.7. The number of nitrogens with zero attached hydrogens (tertiary/aromatic N) is 3. The molecule has 128 valence electrons. The Morgan fingerprint density at radius 2 is 2.00 bits per heavy atom. The third-order valence-electron chi connectivity index (χ3n) is 3.79. The molecule has 24 heavy (non-hydrogen) atoms. The van der Waals surface area contributed by atoms with Crippen LogP contribution in [0.4, 0.5) is 5.82 Å². The molecule has 0 atom stereocenters. The topological polar surface area (TPSA) is 65.5 Å². The van der Waals surface area contributed by atoms with E-state index in [9.17, 15) is 9.59 Å². The van der Waals surface area contributed by atoms with Gasteiger partial charge in [0.1, 0.15) is 5.82 Å². The van der Waals surface area contributed by atoms with Gasteiger partial charge >= 0.3 is 0 Å². The minimum atomic E-state index is -0.180. The maximum absolute atomic E-state index is 12.2. The van der Waals surface area contributed by atoms with Crippen molar-refractivity contribution in [1.82, 2.24) is 15.2 Å². The minimum absolute atomic E-state index is 0.0772. The van der Waals surface area contributed by atoms with E-state index in [1.807, 2.05) is 36.1 Å². The maximum atomic E-state index is 12.2. The molecule has 2 amide bonds. The standard InChI is InChI=1S/C18H24N4O2/c1-2-3-4-8-17(23)20-11-9-18(24)22-14-12-21(13-15-22)16-7-5-6-10-19-16/h2-8,10H,9,11-15H2,1H3,(H,20,23). The summed E-state index contributed by atoms with van der Waals surface area (Å²) in [6, 6.07) is 5.84. The predicted molar refractivity (Wildman–Crippen MR) is 94.6 cm³/mol. The minimum Gasteiger partial charge on any atom is -0.353 e. The van der Waals surface area contributed by atoms with Crippen molar-refractivity contribution in [2.75, 3.05) is 37.6 Å². The van der Waals surface area contributed by atoms with Crippen molar-refractivity contribution in [1.29, 1.82) is 0 Å². The number of aromatic nitrogens is 1. The first-order valence-corrected chi connectivity index (χ1v) is 8.21. The molecule has 0 bridgehead atoms. The van der Waals surface area contributed by atoms with Gasteiger partial charge in [-0.15, -0.1) is 0 Å². The summed E-state index contributed by atoms with van der Waals surface area (Å²) >= 11 is 0. The third-order valence-corrected chi connectivity index (χ3v) is 3.79. The van der Waals surface area contributed by atoms with Crippen molar-refractivity contribution in [3.63, 3.8) is 0 Å². The average molecular weight is 328 g/mol. The van der Waals surface area contributed by atoms with Crippen LogP contribution in [0.3, 0.4) is 0 Å². The largest absolute Gasteiger partial charge is 0.353 e. The fourth-order valence-electron chi connectivity index (χ4n) is 2.49. The Kier molecular flexibility index (Phi) is 7.01.